The summed E-state index contributed by atoms with van der Waals surface area (Å²) < 4.78 is 24.2. The molecule has 3 aromatic carbocycles. The molecule has 5 nitrogen and oxygen atoms in total. The molecular weight excluding hydrogens is 470 g/mol. The van der Waals surface area contributed by atoms with Crippen LogP contribution in [0.25, 0.3) is 31.7 Å². The minimum Gasteiger partial charge on any atom is -0.496 e. The third kappa shape index (κ3) is 5.01. The Labute approximate surface area is 217 Å². The Hall–Kier alpha value is -3.22. The molecule has 0 bridgehead atoms. The molecule has 2 heterocycles. The lowest BCUT2D eigenvalue weighted by atomic mass is 9.98. The van der Waals surface area contributed by atoms with E-state index in [1.165, 1.54) is 32.4 Å². The molecule has 188 valence electrons. The Kier molecular flexibility index (Phi) is 7.63. The van der Waals surface area contributed by atoms with Crippen LogP contribution in [0.4, 0.5) is 0 Å². The molecule has 1 aromatic heterocycles. The first-order valence-electron chi connectivity index (χ1n) is 12.5. The van der Waals surface area contributed by atoms with Gasteiger partial charge in [0.05, 0.1) is 21.3 Å². The fourth-order valence-corrected chi connectivity index (χ4v) is 6.19. The van der Waals surface area contributed by atoms with Crippen molar-refractivity contribution in [3.63, 3.8) is 0 Å². The van der Waals surface area contributed by atoms with Gasteiger partial charge in [0, 0.05) is 38.7 Å². The van der Waals surface area contributed by atoms with E-state index in [1.807, 2.05) is 18.2 Å². The molecule has 0 amide bonds. The number of thiophene rings is 1. The van der Waals surface area contributed by atoms with Crippen LogP contribution in [0.3, 0.4) is 0 Å². The monoisotopic (exact) mass is 503 g/mol. The highest BCUT2D eigenvalue weighted by Gasteiger charge is 2.21. The van der Waals surface area contributed by atoms with Crippen LogP contribution in [0.1, 0.15) is 19.3 Å². The van der Waals surface area contributed by atoms with Crippen LogP contribution < -0.4 is 18.9 Å². The fourth-order valence-electron chi connectivity index (χ4n) is 4.93. The summed E-state index contributed by atoms with van der Waals surface area (Å²) in [4.78, 5) is 3.65. The molecule has 1 aliphatic rings. The third-order valence-electron chi connectivity index (χ3n) is 6.81. The van der Waals surface area contributed by atoms with Gasteiger partial charge in [0.15, 0.2) is 11.5 Å². The number of methoxy groups -OCH3 is 3. The highest BCUT2D eigenvalue weighted by Crippen LogP contribution is 2.49. The van der Waals surface area contributed by atoms with Crippen LogP contribution in [0.2, 0.25) is 0 Å². The van der Waals surface area contributed by atoms with Gasteiger partial charge in [-0.15, -0.1) is 11.3 Å². The molecule has 1 aliphatic heterocycles. The van der Waals surface area contributed by atoms with Crippen LogP contribution in [-0.2, 0) is 0 Å². The Bertz CT molecular complexity index is 1310. The second-order valence-corrected chi connectivity index (χ2v) is 10.0. The third-order valence-corrected chi connectivity index (χ3v) is 8.00. The maximum Gasteiger partial charge on any atom is 0.162 e. The standard InChI is InChI=1S/C30H33NO4S/c1-32-25-10-6-5-9-23(25)30-29(24-19-26(33-2)27(34-3)20-28(24)36-30)21-11-13-22(14-12-21)35-18-17-31-15-7-4-8-16-31/h5-6,9-14,19-20H,4,7-8,15-18H2,1-3H3. The predicted octanol–water partition coefficient (Wildman–Crippen LogP) is 7.13. The summed E-state index contributed by atoms with van der Waals surface area (Å²) in [6.45, 7) is 4.07. The fraction of sp³-hybridized carbons (Fsp3) is 0.333. The van der Waals surface area contributed by atoms with E-state index in [1.54, 1.807) is 32.7 Å². The molecule has 5 rings (SSSR count). The van der Waals surface area contributed by atoms with Gasteiger partial charge >= 0.3 is 0 Å². The number of para-hydroxylation sites is 1. The summed E-state index contributed by atoms with van der Waals surface area (Å²) in [6, 6.07) is 20.7. The smallest absolute Gasteiger partial charge is 0.162 e. The van der Waals surface area contributed by atoms with Crippen LogP contribution >= 0.6 is 11.3 Å². The van der Waals surface area contributed by atoms with Crippen LogP contribution in [-0.4, -0.2) is 52.5 Å². The molecule has 0 atom stereocenters. The van der Waals surface area contributed by atoms with Gasteiger partial charge in [-0.2, -0.15) is 0 Å². The average Bonchev–Trinajstić information content (AvgIpc) is 3.31. The van der Waals surface area contributed by atoms with Gasteiger partial charge in [-0.25, -0.2) is 0 Å². The molecule has 6 heteroatoms. The number of rotatable bonds is 9. The number of ether oxygens (including phenoxy) is 4. The van der Waals surface area contributed by atoms with E-state index < -0.39 is 0 Å². The van der Waals surface area contributed by atoms with E-state index in [0.29, 0.717) is 12.4 Å². The normalized spacial score (nSPS) is 14.1. The van der Waals surface area contributed by atoms with Gasteiger partial charge < -0.3 is 18.9 Å². The molecule has 0 unspecified atom stereocenters. The highest BCUT2D eigenvalue weighted by atomic mass is 32.1. The first kappa shape index (κ1) is 24.5. The van der Waals surface area contributed by atoms with Gasteiger partial charge in [-0.05, 0) is 61.8 Å². The second kappa shape index (κ2) is 11.2. The number of nitrogens with zero attached hydrogens (tertiary/aromatic N) is 1. The molecule has 4 aromatic rings. The quantitative estimate of drug-likeness (QED) is 0.243. The van der Waals surface area contributed by atoms with Gasteiger partial charge in [0.2, 0.25) is 0 Å². The second-order valence-electron chi connectivity index (χ2n) is 8.98. The minimum atomic E-state index is 0.712. The molecule has 0 saturated carbocycles. The van der Waals surface area contributed by atoms with Crippen molar-refractivity contribution in [2.75, 3.05) is 47.6 Å². The molecule has 0 radical (unpaired) electrons. The molecule has 1 saturated heterocycles. The zero-order valence-corrected chi connectivity index (χ0v) is 22.0. The van der Waals surface area contributed by atoms with Crippen molar-refractivity contribution in [3.8, 4) is 44.6 Å². The summed E-state index contributed by atoms with van der Waals surface area (Å²) in [5, 5.41) is 1.12. The van der Waals surface area contributed by atoms with Crippen molar-refractivity contribution in [2.45, 2.75) is 19.3 Å². The molecule has 0 N–H and O–H groups in total. The van der Waals surface area contributed by atoms with Crippen molar-refractivity contribution >= 4 is 21.4 Å². The van der Waals surface area contributed by atoms with Crippen molar-refractivity contribution in [1.82, 2.24) is 4.90 Å². The Morgan fingerprint density at radius 3 is 2.19 bits per heavy atom. The van der Waals surface area contributed by atoms with Crippen molar-refractivity contribution in [3.05, 3.63) is 60.7 Å². The van der Waals surface area contributed by atoms with Crippen LogP contribution in [0, 0.1) is 0 Å². The summed E-state index contributed by atoms with van der Waals surface area (Å²) in [6.07, 6.45) is 3.95. The number of hydrogen-bond acceptors (Lipinski definition) is 6. The van der Waals surface area contributed by atoms with Crippen molar-refractivity contribution in [2.24, 2.45) is 0 Å². The maximum atomic E-state index is 6.09. The lowest BCUT2D eigenvalue weighted by Gasteiger charge is -2.26. The van der Waals surface area contributed by atoms with Crippen molar-refractivity contribution in [1.29, 1.82) is 0 Å². The molecule has 0 aliphatic carbocycles. The molecule has 0 spiro atoms. The zero-order chi connectivity index (χ0) is 24.9. The summed E-state index contributed by atoms with van der Waals surface area (Å²) >= 11 is 1.73. The lowest BCUT2D eigenvalue weighted by molar-refractivity contribution is 0.183. The van der Waals surface area contributed by atoms with E-state index in [4.69, 9.17) is 18.9 Å². The number of piperidine rings is 1. The van der Waals surface area contributed by atoms with Gasteiger partial charge in [0.1, 0.15) is 18.1 Å². The van der Waals surface area contributed by atoms with Crippen LogP contribution in [0.15, 0.2) is 60.7 Å². The van der Waals surface area contributed by atoms with E-state index >= 15 is 0 Å². The van der Waals surface area contributed by atoms with E-state index in [2.05, 4.69) is 47.4 Å². The molecule has 36 heavy (non-hydrogen) atoms. The van der Waals surface area contributed by atoms with E-state index in [-0.39, 0.29) is 0 Å². The summed E-state index contributed by atoms with van der Waals surface area (Å²) in [5.74, 6) is 3.19. The average molecular weight is 504 g/mol. The number of benzene rings is 3. The van der Waals surface area contributed by atoms with Gasteiger partial charge in [-0.1, -0.05) is 30.7 Å². The van der Waals surface area contributed by atoms with E-state index in [0.717, 1.165) is 55.4 Å². The first-order chi connectivity index (χ1) is 17.7. The largest absolute Gasteiger partial charge is 0.496 e. The Morgan fingerprint density at radius 1 is 0.778 bits per heavy atom. The SMILES string of the molecule is COc1cc2sc(-c3ccccc3OC)c(-c3ccc(OCCN4CCCCC4)cc3)c2cc1OC. The number of hydrogen-bond donors (Lipinski definition) is 0. The van der Waals surface area contributed by atoms with Gasteiger partial charge in [-0.3, -0.25) is 4.90 Å². The van der Waals surface area contributed by atoms with Gasteiger partial charge in [0.25, 0.3) is 0 Å². The zero-order valence-electron chi connectivity index (χ0n) is 21.2. The minimum absolute atomic E-state index is 0.712. The Balaban J connectivity index is 1.50. The topological polar surface area (TPSA) is 40.2 Å². The van der Waals surface area contributed by atoms with Crippen molar-refractivity contribution < 1.29 is 18.9 Å². The number of likely N-dealkylation sites (tertiary alicyclic amines) is 1. The summed E-state index contributed by atoms with van der Waals surface area (Å²) in [7, 11) is 5.06. The highest BCUT2D eigenvalue weighted by molar-refractivity contribution is 7.23. The predicted molar refractivity (Wildman–Crippen MR) is 148 cm³/mol. The maximum absolute atomic E-state index is 6.09. The lowest BCUT2D eigenvalue weighted by Crippen LogP contribution is -2.33. The first-order valence-corrected chi connectivity index (χ1v) is 13.3. The molecule has 1 fully saturated rings. The van der Waals surface area contributed by atoms with E-state index in [9.17, 15) is 0 Å². The summed E-state index contributed by atoms with van der Waals surface area (Å²) in [5.41, 5.74) is 3.34. The Morgan fingerprint density at radius 2 is 1.47 bits per heavy atom. The van der Waals surface area contributed by atoms with Crippen LogP contribution in [0.5, 0.6) is 23.0 Å². The molecular formula is C30H33NO4S. The number of fused-ring (bicyclic) bond motifs is 1.